The predicted molar refractivity (Wildman–Crippen MR) is 69.4 cm³/mol. The van der Waals surface area contributed by atoms with Gasteiger partial charge >= 0.3 is 0 Å². The molecule has 1 unspecified atom stereocenters. The van der Waals surface area contributed by atoms with E-state index in [0.717, 1.165) is 12.7 Å². The van der Waals surface area contributed by atoms with Crippen molar-refractivity contribution >= 4 is 15.7 Å². The maximum absolute atomic E-state index is 11.9. The van der Waals surface area contributed by atoms with Crippen molar-refractivity contribution in [2.24, 2.45) is 5.73 Å². The van der Waals surface area contributed by atoms with E-state index >= 15 is 0 Å². The first kappa shape index (κ1) is 16.1. The van der Waals surface area contributed by atoms with Crippen LogP contribution in [-0.4, -0.2) is 50.4 Å². The normalized spacial score (nSPS) is 13.1. The molecule has 0 spiro atoms. The van der Waals surface area contributed by atoms with Crippen LogP contribution < -0.4 is 5.73 Å². The Labute approximate surface area is 104 Å². The monoisotopic (exact) mass is 262 g/mol. The number of hydrogen-bond donors (Lipinski definition) is 1. The largest absolute Gasteiger partial charge is 0.338 e. The van der Waals surface area contributed by atoms with E-state index in [2.05, 4.69) is 6.58 Å². The molecule has 0 aliphatic carbocycles. The molecule has 2 N–H and O–H groups in total. The Morgan fingerprint density at radius 1 is 1.53 bits per heavy atom. The summed E-state index contributed by atoms with van der Waals surface area (Å²) in [7, 11) is -3.07. The molecular formula is C11H22N2O3S. The lowest BCUT2D eigenvalue weighted by molar-refractivity contribution is -0.132. The number of rotatable bonds is 8. The minimum absolute atomic E-state index is 0.0615. The number of nitrogens with two attached hydrogens (primary N) is 1. The fourth-order valence-corrected chi connectivity index (χ4v) is 2.10. The van der Waals surface area contributed by atoms with Crippen molar-refractivity contribution in [3.63, 3.8) is 0 Å². The van der Waals surface area contributed by atoms with E-state index in [1.54, 1.807) is 11.0 Å². The van der Waals surface area contributed by atoms with Crippen LogP contribution in [0.1, 0.15) is 19.8 Å². The van der Waals surface area contributed by atoms with Crippen LogP contribution in [-0.2, 0) is 14.6 Å². The van der Waals surface area contributed by atoms with Crippen LogP contribution in [0.15, 0.2) is 12.7 Å². The average Bonchev–Trinajstić information content (AvgIpc) is 2.23. The third kappa shape index (κ3) is 7.12. The van der Waals surface area contributed by atoms with Crippen molar-refractivity contribution < 1.29 is 13.2 Å². The lowest BCUT2D eigenvalue weighted by atomic mass is 10.2. The molecule has 1 amide bonds. The summed E-state index contributed by atoms with van der Waals surface area (Å²) in [6.07, 6.45) is 3.77. The second-order valence-electron chi connectivity index (χ2n) is 4.10. The van der Waals surface area contributed by atoms with E-state index in [0.29, 0.717) is 13.1 Å². The van der Waals surface area contributed by atoms with E-state index in [1.165, 1.54) is 0 Å². The number of nitrogens with zero attached hydrogens (tertiary/aromatic N) is 1. The molecule has 0 aromatic carbocycles. The van der Waals surface area contributed by atoms with Gasteiger partial charge in [0, 0.05) is 19.3 Å². The molecule has 0 aromatic heterocycles. The lowest BCUT2D eigenvalue weighted by Crippen LogP contribution is -2.44. The quantitative estimate of drug-likeness (QED) is 0.632. The zero-order valence-electron chi connectivity index (χ0n) is 10.6. The van der Waals surface area contributed by atoms with E-state index in [9.17, 15) is 13.2 Å². The van der Waals surface area contributed by atoms with Gasteiger partial charge in [-0.15, -0.1) is 6.58 Å². The van der Waals surface area contributed by atoms with Gasteiger partial charge in [0.15, 0.2) is 0 Å². The van der Waals surface area contributed by atoms with Gasteiger partial charge in [-0.25, -0.2) is 8.42 Å². The van der Waals surface area contributed by atoms with Crippen LogP contribution in [0.3, 0.4) is 0 Å². The van der Waals surface area contributed by atoms with Crippen molar-refractivity contribution in [1.29, 1.82) is 0 Å². The number of carbonyl (C=O) groups excluding carboxylic acids is 1. The number of carbonyl (C=O) groups is 1. The zero-order chi connectivity index (χ0) is 13.5. The molecule has 0 aromatic rings. The molecule has 17 heavy (non-hydrogen) atoms. The van der Waals surface area contributed by atoms with E-state index < -0.39 is 15.9 Å². The van der Waals surface area contributed by atoms with Gasteiger partial charge in [-0.1, -0.05) is 13.0 Å². The Morgan fingerprint density at radius 2 is 2.12 bits per heavy atom. The Kier molecular flexibility index (Phi) is 7.06. The molecule has 0 saturated heterocycles. The van der Waals surface area contributed by atoms with Crippen molar-refractivity contribution in [3.05, 3.63) is 12.7 Å². The molecule has 0 rings (SSSR count). The Bertz CT molecular complexity index is 352. The molecule has 5 nitrogen and oxygen atoms in total. The van der Waals surface area contributed by atoms with Crippen molar-refractivity contribution in [3.8, 4) is 0 Å². The first-order chi connectivity index (χ1) is 7.81. The standard InChI is InChI=1S/C11H22N2O3S/c1-4-7-13(8-5-2)11(14)10(12)6-9-17(3,15)16/h4,10H,1,5-9,12H2,2-3H3. The molecule has 0 heterocycles. The van der Waals surface area contributed by atoms with E-state index in [1.807, 2.05) is 6.92 Å². The molecule has 0 aliphatic heterocycles. The highest BCUT2D eigenvalue weighted by atomic mass is 32.2. The van der Waals surface area contributed by atoms with E-state index in [-0.39, 0.29) is 18.1 Å². The highest BCUT2D eigenvalue weighted by Crippen LogP contribution is 2.01. The summed E-state index contributed by atoms with van der Waals surface area (Å²) in [4.78, 5) is 13.5. The van der Waals surface area contributed by atoms with Gasteiger partial charge in [0.1, 0.15) is 9.84 Å². The molecule has 100 valence electrons. The van der Waals surface area contributed by atoms with Crippen molar-refractivity contribution in [2.45, 2.75) is 25.8 Å². The summed E-state index contributed by atoms with van der Waals surface area (Å²) in [6, 6.07) is -0.753. The van der Waals surface area contributed by atoms with Gasteiger partial charge in [-0.3, -0.25) is 4.79 Å². The van der Waals surface area contributed by atoms with Crippen LogP contribution in [0.2, 0.25) is 0 Å². The summed E-state index contributed by atoms with van der Waals surface area (Å²) < 4.78 is 22.0. The number of hydrogen-bond acceptors (Lipinski definition) is 4. The van der Waals surface area contributed by atoms with Crippen LogP contribution in [0.25, 0.3) is 0 Å². The molecular weight excluding hydrogens is 240 g/mol. The first-order valence-corrected chi connectivity index (χ1v) is 7.70. The fourth-order valence-electron chi connectivity index (χ4n) is 1.42. The Balaban J connectivity index is 4.38. The zero-order valence-corrected chi connectivity index (χ0v) is 11.4. The van der Waals surface area contributed by atoms with Gasteiger partial charge in [-0.2, -0.15) is 0 Å². The third-order valence-electron chi connectivity index (χ3n) is 2.27. The lowest BCUT2D eigenvalue weighted by Gasteiger charge is -2.23. The molecule has 1 atom stereocenters. The molecule has 0 saturated carbocycles. The summed E-state index contributed by atoms with van der Waals surface area (Å²) in [5.41, 5.74) is 5.70. The van der Waals surface area contributed by atoms with E-state index in [4.69, 9.17) is 5.73 Å². The topological polar surface area (TPSA) is 80.5 Å². The summed E-state index contributed by atoms with van der Waals surface area (Å²) in [6.45, 7) is 6.60. The molecule has 0 aliphatic rings. The second-order valence-corrected chi connectivity index (χ2v) is 6.36. The highest BCUT2D eigenvalue weighted by Gasteiger charge is 2.20. The smallest absolute Gasteiger partial charge is 0.239 e. The van der Waals surface area contributed by atoms with Gasteiger partial charge < -0.3 is 10.6 Å². The highest BCUT2D eigenvalue weighted by molar-refractivity contribution is 7.90. The summed E-state index contributed by atoms with van der Waals surface area (Å²) in [5.74, 6) is -0.274. The Morgan fingerprint density at radius 3 is 2.53 bits per heavy atom. The van der Waals surface area contributed by atoms with Gasteiger partial charge in [0.2, 0.25) is 5.91 Å². The third-order valence-corrected chi connectivity index (χ3v) is 3.25. The molecule has 6 heteroatoms. The predicted octanol–water partition coefficient (Wildman–Crippen LogP) is 0.173. The van der Waals surface area contributed by atoms with Gasteiger partial charge in [0.05, 0.1) is 11.8 Å². The maximum atomic E-state index is 11.9. The molecule has 0 radical (unpaired) electrons. The van der Waals surface area contributed by atoms with Crippen LogP contribution in [0.4, 0.5) is 0 Å². The van der Waals surface area contributed by atoms with Crippen LogP contribution in [0.5, 0.6) is 0 Å². The van der Waals surface area contributed by atoms with Crippen molar-refractivity contribution in [1.82, 2.24) is 4.90 Å². The van der Waals surface area contributed by atoms with Gasteiger partial charge in [-0.05, 0) is 12.8 Å². The van der Waals surface area contributed by atoms with Gasteiger partial charge in [0.25, 0.3) is 0 Å². The Hall–Kier alpha value is -0.880. The average molecular weight is 262 g/mol. The number of sulfone groups is 1. The van der Waals surface area contributed by atoms with Crippen LogP contribution >= 0.6 is 0 Å². The minimum atomic E-state index is -3.07. The summed E-state index contributed by atoms with van der Waals surface area (Å²) >= 11 is 0. The SMILES string of the molecule is C=CCN(CCC)C(=O)C(N)CCS(C)(=O)=O. The molecule has 0 fully saturated rings. The first-order valence-electron chi connectivity index (χ1n) is 5.64. The molecule has 0 bridgehead atoms. The maximum Gasteiger partial charge on any atom is 0.239 e. The van der Waals surface area contributed by atoms with Crippen molar-refractivity contribution in [2.75, 3.05) is 25.1 Å². The number of amides is 1. The second kappa shape index (κ2) is 7.45. The fraction of sp³-hybridized carbons (Fsp3) is 0.727. The summed E-state index contributed by atoms with van der Waals surface area (Å²) in [5, 5.41) is 0. The minimum Gasteiger partial charge on any atom is -0.338 e. The van der Waals surface area contributed by atoms with Crippen LogP contribution in [0, 0.1) is 0 Å².